The third kappa shape index (κ3) is 7.66. The van der Waals surface area contributed by atoms with Gasteiger partial charge < -0.3 is 4.74 Å². The highest BCUT2D eigenvalue weighted by atomic mass is 32.3. The first kappa shape index (κ1) is 30.3. The van der Waals surface area contributed by atoms with Crippen molar-refractivity contribution in [3.63, 3.8) is 0 Å². The molecule has 0 atom stereocenters. The number of thiophene rings is 2. The Kier molecular flexibility index (Phi) is 10.5. The fraction of sp³-hybridized carbons (Fsp3) is 0.423. The molecule has 0 aliphatic heterocycles. The molecule has 0 saturated carbocycles. The summed E-state index contributed by atoms with van der Waals surface area (Å²) >= 11 is 2.29. The number of rotatable bonds is 13. The number of sulfonamides is 2. The van der Waals surface area contributed by atoms with E-state index in [-0.39, 0.29) is 28.1 Å². The average molecular weight is 599 g/mol. The van der Waals surface area contributed by atoms with E-state index in [9.17, 15) is 21.6 Å². The van der Waals surface area contributed by atoms with Gasteiger partial charge in [-0.1, -0.05) is 58.4 Å². The molecular weight excluding hydrogens is 565 g/mol. The van der Waals surface area contributed by atoms with Crippen molar-refractivity contribution in [1.82, 2.24) is 9.03 Å². The first-order valence-corrected chi connectivity index (χ1v) is 17.0. The molecule has 0 spiro atoms. The van der Waals surface area contributed by atoms with Crippen LogP contribution in [-0.4, -0.2) is 40.4 Å². The molecule has 1 amide bonds. The van der Waals surface area contributed by atoms with Gasteiger partial charge in [-0.3, -0.25) is 0 Å². The van der Waals surface area contributed by atoms with Crippen LogP contribution in [0.15, 0.2) is 56.3 Å². The van der Waals surface area contributed by atoms with Crippen LogP contribution in [0.1, 0.15) is 51.0 Å². The van der Waals surface area contributed by atoms with Crippen molar-refractivity contribution in [2.75, 3.05) is 13.2 Å². The van der Waals surface area contributed by atoms with Crippen LogP contribution in [0, 0.1) is 5.92 Å². The van der Waals surface area contributed by atoms with Crippen molar-refractivity contribution in [3.05, 3.63) is 58.3 Å². The molecule has 3 rings (SSSR count). The first-order valence-electron chi connectivity index (χ1n) is 12.4. The van der Waals surface area contributed by atoms with E-state index in [1.165, 1.54) is 15.6 Å². The molecule has 0 unspecified atom stereocenters. The second-order valence-corrected chi connectivity index (χ2v) is 15.3. The first-order chi connectivity index (χ1) is 18.0. The lowest BCUT2D eigenvalue weighted by atomic mass is 10.0. The Morgan fingerprint density at radius 2 is 1.84 bits per heavy atom. The van der Waals surface area contributed by atoms with Gasteiger partial charge in [0.2, 0.25) is 0 Å². The van der Waals surface area contributed by atoms with Gasteiger partial charge in [0.25, 0.3) is 20.0 Å². The topological polar surface area (TPSA) is 110 Å². The number of nitrogens with one attached hydrogen (secondary N) is 1. The molecule has 38 heavy (non-hydrogen) atoms. The summed E-state index contributed by atoms with van der Waals surface area (Å²) in [7, 11) is -7.85. The number of benzene rings is 1. The Morgan fingerprint density at radius 1 is 1.08 bits per heavy atom. The summed E-state index contributed by atoms with van der Waals surface area (Å²) < 4.78 is 61.4. The minimum atomic E-state index is -4.19. The quantitative estimate of drug-likeness (QED) is 0.238. The van der Waals surface area contributed by atoms with Crippen molar-refractivity contribution in [2.24, 2.45) is 5.92 Å². The normalized spacial score (nSPS) is 12.3. The van der Waals surface area contributed by atoms with Crippen molar-refractivity contribution in [2.45, 2.75) is 61.9 Å². The predicted octanol–water partition coefficient (Wildman–Crippen LogP) is 6.10. The Morgan fingerprint density at radius 3 is 2.47 bits per heavy atom. The van der Waals surface area contributed by atoms with Crippen LogP contribution in [0.25, 0.3) is 11.1 Å². The van der Waals surface area contributed by atoms with Crippen LogP contribution in [0.2, 0.25) is 0 Å². The number of hydrogen-bond donors (Lipinski definition) is 1. The second-order valence-electron chi connectivity index (χ2n) is 9.17. The molecule has 0 fully saturated rings. The largest absolute Gasteiger partial charge is 0.449 e. The molecule has 12 heteroatoms. The number of unbranched alkanes of at least 4 members (excludes halogenated alkanes) is 1. The Hall–Kier alpha value is -2.25. The van der Waals surface area contributed by atoms with Gasteiger partial charge in [0.05, 0.1) is 6.61 Å². The summed E-state index contributed by atoms with van der Waals surface area (Å²) in [5.41, 5.74) is 1.81. The molecule has 1 N–H and O–H groups in total. The molecular formula is C26H34N2O6S4. The number of hydrogen-bond acceptors (Lipinski definition) is 8. The molecule has 0 saturated heterocycles. The van der Waals surface area contributed by atoms with Gasteiger partial charge in [-0.15, -0.1) is 22.7 Å². The zero-order valence-corrected chi connectivity index (χ0v) is 25.2. The number of carbonyl (C=O) groups excluding carboxylic acids is 1. The molecule has 0 aliphatic carbocycles. The van der Waals surface area contributed by atoms with Gasteiger partial charge in [0.1, 0.15) is 8.42 Å². The molecule has 2 heterocycles. The van der Waals surface area contributed by atoms with Crippen molar-refractivity contribution in [3.8, 4) is 11.1 Å². The summed E-state index contributed by atoms with van der Waals surface area (Å²) in [4.78, 5) is 13.0. The minimum Gasteiger partial charge on any atom is -0.449 e. The molecule has 208 valence electrons. The smallest absolute Gasteiger partial charge is 0.421 e. The van der Waals surface area contributed by atoms with Crippen LogP contribution < -0.4 is 4.72 Å². The molecule has 3 aromatic rings. The van der Waals surface area contributed by atoms with Crippen LogP contribution >= 0.6 is 22.7 Å². The van der Waals surface area contributed by atoms with Gasteiger partial charge in [-0.05, 0) is 53.5 Å². The van der Waals surface area contributed by atoms with E-state index in [1.54, 1.807) is 42.6 Å². The van der Waals surface area contributed by atoms with E-state index in [4.69, 9.17) is 4.74 Å². The highest BCUT2D eigenvalue weighted by molar-refractivity contribution is 7.92. The lowest BCUT2D eigenvalue weighted by molar-refractivity contribution is 0.151. The molecule has 0 aliphatic rings. The van der Waals surface area contributed by atoms with E-state index in [2.05, 4.69) is 0 Å². The number of amides is 1. The van der Waals surface area contributed by atoms with E-state index < -0.39 is 26.1 Å². The van der Waals surface area contributed by atoms with Crippen molar-refractivity contribution < 1.29 is 26.4 Å². The monoisotopic (exact) mass is 598 g/mol. The lowest BCUT2D eigenvalue weighted by Gasteiger charge is -2.20. The lowest BCUT2D eigenvalue weighted by Crippen LogP contribution is -2.31. The van der Waals surface area contributed by atoms with Crippen LogP contribution in [0.3, 0.4) is 0 Å². The van der Waals surface area contributed by atoms with Crippen LogP contribution in [-0.2, 0) is 37.7 Å². The fourth-order valence-electron chi connectivity index (χ4n) is 3.77. The average Bonchev–Trinajstić information content (AvgIpc) is 3.53. The number of nitrogens with zero attached hydrogens (tertiary/aromatic N) is 1. The Labute approximate surface area is 233 Å². The highest BCUT2D eigenvalue weighted by Gasteiger charge is 2.27. The minimum absolute atomic E-state index is 0.0243. The van der Waals surface area contributed by atoms with Gasteiger partial charge in [-0.2, -0.15) is 4.31 Å². The van der Waals surface area contributed by atoms with Gasteiger partial charge >= 0.3 is 6.09 Å². The summed E-state index contributed by atoms with van der Waals surface area (Å²) in [6.45, 7) is 8.37. The fourth-order valence-corrected chi connectivity index (χ4v) is 9.19. The Balaban J connectivity index is 1.95. The third-order valence-corrected chi connectivity index (χ3v) is 11.9. The van der Waals surface area contributed by atoms with Crippen LogP contribution in [0.4, 0.5) is 4.79 Å². The third-order valence-electron chi connectivity index (χ3n) is 5.59. The number of ether oxygens (including phenoxy) is 1. The zero-order chi connectivity index (χ0) is 27.9. The molecule has 8 nitrogen and oxygen atoms in total. The summed E-state index contributed by atoms with van der Waals surface area (Å²) in [5, 5.41) is 1.72. The van der Waals surface area contributed by atoms with Crippen molar-refractivity contribution in [1.29, 1.82) is 0 Å². The summed E-state index contributed by atoms with van der Waals surface area (Å²) in [5.74, 6) is 0.302. The zero-order valence-electron chi connectivity index (χ0n) is 22.0. The molecule has 0 bridgehead atoms. The van der Waals surface area contributed by atoms with Gasteiger partial charge in [-0.25, -0.2) is 26.4 Å². The maximum Gasteiger partial charge on any atom is 0.421 e. The maximum atomic E-state index is 13.3. The maximum absolute atomic E-state index is 13.3. The van der Waals surface area contributed by atoms with Gasteiger partial charge in [0.15, 0.2) is 0 Å². The molecule has 1 aromatic carbocycles. The molecule has 2 aromatic heterocycles. The Bertz CT molecular complexity index is 1430. The highest BCUT2D eigenvalue weighted by Crippen LogP contribution is 2.37. The summed E-state index contributed by atoms with van der Waals surface area (Å²) in [6, 6.07) is 12.3. The van der Waals surface area contributed by atoms with Crippen molar-refractivity contribution >= 4 is 48.8 Å². The van der Waals surface area contributed by atoms with Crippen LogP contribution in [0.5, 0.6) is 0 Å². The molecule has 0 radical (unpaired) electrons. The van der Waals surface area contributed by atoms with E-state index in [0.717, 1.165) is 28.2 Å². The SMILES string of the molecule is CCCCOC(=O)NS(=O)(=O)c1sc(CC(C)C)cc1-c1cccc(CN(CC)S(=O)(=O)c2cccs2)c1. The second kappa shape index (κ2) is 13.2. The summed E-state index contributed by atoms with van der Waals surface area (Å²) in [6.07, 6.45) is 1.12. The number of carbonyl (C=O) groups is 1. The van der Waals surface area contributed by atoms with E-state index in [0.29, 0.717) is 29.9 Å². The van der Waals surface area contributed by atoms with Gasteiger partial charge in [0, 0.05) is 23.5 Å². The van der Waals surface area contributed by atoms with E-state index >= 15 is 0 Å². The standard InChI is InChI=1S/C26H34N2O6S4/c1-5-7-13-34-26(29)27-37(30,31)25-23(17-22(36-25)15-19(3)4)21-11-8-10-20(16-21)18-28(6-2)38(32,33)24-12-9-14-35-24/h8-12,14,16-17,19H,5-7,13,15,18H2,1-4H3,(H,27,29). The van der Waals surface area contributed by atoms with E-state index in [1.807, 2.05) is 37.6 Å². The predicted molar refractivity (Wildman–Crippen MR) is 152 cm³/mol.